The predicted octanol–water partition coefficient (Wildman–Crippen LogP) is 4.65. The number of rotatable bonds is 7. The van der Waals surface area contributed by atoms with Gasteiger partial charge in [0.1, 0.15) is 11.9 Å². The van der Waals surface area contributed by atoms with E-state index in [9.17, 15) is 0 Å². The molecule has 0 amide bonds. The highest BCUT2D eigenvalue weighted by molar-refractivity contribution is 9.10. The average Bonchev–Trinajstić information content (AvgIpc) is 2.32. The molecule has 0 aliphatic rings. The SMILES string of the molecule is CCCC(C)NCC(C)Oc1cc(Br)ccc1Cl. The van der Waals surface area contributed by atoms with Crippen molar-refractivity contribution < 1.29 is 4.74 Å². The van der Waals surface area contributed by atoms with E-state index < -0.39 is 0 Å². The van der Waals surface area contributed by atoms with Crippen molar-refractivity contribution in [2.45, 2.75) is 45.8 Å². The molecule has 4 heteroatoms. The molecule has 2 atom stereocenters. The van der Waals surface area contributed by atoms with Crippen LogP contribution in [0, 0.1) is 0 Å². The average molecular weight is 335 g/mol. The molecule has 1 aromatic rings. The van der Waals surface area contributed by atoms with Crippen LogP contribution in [-0.4, -0.2) is 18.7 Å². The van der Waals surface area contributed by atoms with E-state index in [1.54, 1.807) is 0 Å². The van der Waals surface area contributed by atoms with Gasteiger partial charge < -0.3 is 10.1 Å². The molecule has 2 unspecified atom stereocenters. The van der Waals surface area contributed by atoms with Gasteiger partial charge in [-0.2, -0.15) is 0 Å². The van der Waals surface area contributed by atoms with E-state index in [-0.39, 0.29) is 6.10 Å². The Morgan fingerprint density at radius 2 is 2.11 bits per heavy atom. The van der Waals surface area contributed by atoms with Crippen molar-refractivity contribution in [1.82, 2.24) is 5.32 Å². The molecular formula is C14H21BrClNO. The minimum Gasteiger partial charge on any atom is -0.488 e. The number of hydrogen-bond donors (Lipinski definition) is 1. The second kappa shape index (κ2) is 8.03. The quantitative estimate of drug-likeness (QED) is 0.784. The van der Waals surface area contributed by atoms with Crippen molar-refractivity contribution in [3.05, 3.63) is 27.7 Å². The van der Waals surface area contributed by atoms with Crippen LogP contribution in [0.15, 0.2) is 22.7 Å². The van der Waals surface area contributed by atoms with Gasteiger partial charge in [0.05, 0.1) is 5.02 Å². The van der Waals surface area contributed by atoms with Crippen LogP contribution in [-0.2, 0) is 0 Å². The maximum absolute atomic E-state index is 6.09. The predicted molar refractivity (Wildman–Crippen MR) is 81.6 cm³/mol. The molecule has 1 N–H and O–H groups in total. The Labute approximate surface area is 123 Å². The zero-order chi connectivity index (χ0) is 13.5. The topological polar surface area (TPSA) is 21.3 Å². The standard InChI is InChI=1S/C14H21BrClNO/c1-4-5-10(2)17-9-11(3)18-14-8-12(15)6-7-13(14)16/h6-8,10-11,17H,4-5,9H2,1-3H3. The summed E-state index contributed by atoms with van der Waals surface area (Å²) in [6.45, 7) is 7.26. The molecule has 0 radical (unpaired) electrons. The maximum Gasteiger partial charge on any atom is 0.139 e. The molecule has 0 aliphatic heterocycles. The number of ether oxygens (including phenoxy) is 1. The minimum atomic E-state index is 0.0936. The van der Waals surface area contributed by atoms with Crippen LogP contribution in [0.2, 0.25) is 5.02 Å². The highest BCUT2D eigenvalue weighted by atomic mass is 79.9. The molecule has 0 aromatic heterocycles. The van der Waals surface area contributed by atoms with Gasteiger partial charge in [-0.05, 0) is 38.5 Å². The largest absolute Gasteiger partial charge is 0.488 e. The first-order valence-corrected chi connectivity index (χ1v) is 7.55. The smallest absolute Gasteiger partial charge is 0.139 e. The summed E-state index contributed by atoms with van der Waals surface area (Å²) in [6.07, 6.45) is 2.47. The maximum atomic E-state index is 6.09. The third-order valence-electron chi connectivity index (χ3n) is 2.70. The van der Waals surface area contributed by atoms with Gasteiger partial charge in [-0.1, -0.05) is 40.9 Å². The van der Waals surface area contributed by atoms with Crippen molar-refractivity contribution in [3.63, 3.8) is 0 Å². The molecule has 0 bridgehead atoms. The summed E-state index contributed by atoms with van der Waals surface area (Å²) in [5.41, 5.74) is 0. The van der Waals surface area contributed by atoms with E-state index in [1.165, 1.54) is 12.8 Å². The molecule has 0 saturated heterocycles. The second-order valence-corrected chi connectivity index (χ2v) is 5.92. The van der Waals surface area contributed by atoms with Gasteiger partial charge in [0.15, 0.2) is 0 Å². The van der Waals surface area contributed by atoms with Gasteiger partial charge in [0.2, 0.25) is 0 Å². The van der Waals surface area contributed by atoms with E-state index in [1.807, 2.05) is 25.1 Å². The zero-order valence-electron chi connectivity index (χ0n) is 11.2. The van der Waals surface area contributed by atoms with Crippen molar-refractivity contribution in [1.29, 1.82) is 0 Å². The van der Waals surface area contributed by atoms with Crippen molar-refractivity contribution >= 4 is 27.5 Å². The first kappa shape index (κ1) is 15.8. The lowest BCUT2D eigenvalue weighted by atomic mass is 10.2. The Kier molecular flexibility index (Phi) is 7.05. The van der Waals surface area contributed by atoms with E-state index >= 15 is 0 Å². The van der Waals surface area contributed by atoms with Crippen molar-refractivity contribution in [3.8, 4) is 5.75 Å². The minimum absolute atomic E-state index is 0.0936. The molecule has 1 rings (SSSR count). The second-order valence-electron chi connectivity index (χ2n) is 4.60. The number of benzene rings is 1. The Bertz CT molecular complexity index is 373. The molecule has 0 aliphatic carbocycles. The summed E-state index contributed by atoms with van der Waals surface area (Å²) in [6, 6.07) is 6.16. The van der Waals surface area contributed by atoms with Gasteiger partial charge in [-0.15, -0.1) is 0 Å². The van der Waals surface area contributed by atoms with Crippen LogP contribution in [0.1, 0.15) is 33.6 Å². The Hall–Kier alpha value is -0.250. The highest BCUT2D eigenvalue weighted by Gasteiger charge is 2.09. The molecule has 0 spiro atoms. The fourth-order valence-corrected chi connectivity index (χ4v) is 2.23. The van der Waals surface area contributed by atoms with Gasteiger partial charge in [-0.3, -0.25) is 0 Å². The molecule has 0 heterocycles. The summed E-state index contributed by atoms with van der Waals surface area (Å²) in [5.74, 6) is 0.725. The van der Waals surface area contributed by atoms with E-state index in [2.05, 4.69) is 35.1 Å². The first-order chi connectivity index (χ1) is 8.52. The van der Waals surface area contributed by atoms with Crippen LogP contribution in [0.25, 0.3) is 0 Å². The van der Waals surface area contributed by atoms with Gasteiger partial charge >= 0.3 is 0 Å². The molecule has 18 heavy (non-hydrogen) atoms. The number of halogens is 2. The van der Waals surface area contributed by atoms with E-state index in [0.717, 1.165) is 16.8 Å². The molecule has 102 valence electrons. The number of hydrogen-bond acceptors (Lipinski definition) is 2. The summed E-state index contributed by atoms with van der Waals surface area (Å²) in [5, 5.41) is 4.10. The van der Waals surface area contributed by atoms with Gasteiger partial charge in [0.25, 0.3) is 0 Å². The lowest BCUT2D eigenvalue weighted by Crippen LogP contribution is -2.35. The Morgan fingerprint density at radius 3 is 2.78 bits per heavy atom. The van der Waals surface area contributed by atoms with E-state index in [4.69, 9.17) is 16.3 Å². The first-order valence-electron chi connectivity index (χ1n) is 6.38. The normalized spacial score (nSPS) is 14.3. The summed E-state index contributed by atoms with van der Waals surface area (Å²) in [7, 11) is 0. The van der Waals surface area contributed by atoms with Crippen LogP contribution >= 0.6 is 27.5 Å². The summed E-state index contributed by atoms with van der Waals surface area (Å²) >= 11 is 9.50. The van der Waals surface area contributed by atoms with Crippen molar-refractivity contribution in [2.75, 3.05) is 6.54 Å². The van der Waals surface area contributed by atoms with Crippen LogP contribution in [0.4, 0.5) is 0 Å². The fourth-order valence-electron chi connectivity index (χ4n) is 1.73. The van der Waals surface area contributed by atoms with E-state index in [0.29, 0.717) is 11.1 Å². The summed E-state index contributed by atoms with van der Waals surface area (Å²) in [4.78, 5) is 0. The lowest BCUT2D eigenvalue weighted by molar-refractivity contribution is 0.211. The van der Waals surface area contributed by atoms with Gasteiger partial charge in [-0.25, -0.2) is 0 Å². The third kappa shape index (κ3) is 5.59. The number of nitrogens with one attached hydrogen (secondary N) is 1. The van der Waals surface area contributed by atoms with Crippen molar-refractivity contribution in [2.24, 2.45) is 0 Å². The Morgan fingerprint density at radius 1 is 1.39 bits per heavy atom. The summed E-state index contributed by atoms with van der Waals surface area (Å²) < 4.78 is 6.80. The Balaban J connectivity index is 2.44. The monoisotopic (exact) mass is 333 g/mol. The molecule has 1 aromatic carbocycles. The zero-order valence-corrected chi connectivity index (χ0v) is 13.5. The molecule has 0 saturated carbocycles. The third-order valence-corrected chi connectivity index (χ3v) is 3.50. The fraction of sp³-hybridized carbons (Fsp3) is 0.571. The molecular weight excluding hydrogens is 314 g/mol. The van der Waals surface area contributed by atoms with Gasteiger partial charge in [0, 0.05) is 17.1 Å². The molecule has 2 nitrogen and oxygen atoms in total. The molecule has 0 fully saturated rings. The lowest BCUT2D eigenvalue weighted by Gasteiger charge is -2.19. The van der Waals surface area contributed by atoms with Crippen LogP contribution < -0.4 is 10.1 Å². The van der Waals surface area contributed by atoms with Crippen LogP contribution in [0.5, 0.6) is 5.75 Å². The van der Waals surface area contributed by atoms with Crippen LogP contribution in [0.3, 0.4) is 0 Å². The highest BCUT2D eigenvalue weighted by Crippen LogP contribution is 2.28.